The third-order valence-electron chi connectivity index (χ3n) is 5.90. The van der Waals surface area contributed by atoms with Crippen LogP contribution in [0.2, 0.25) is 5.02 Å². The van der Waals surface area contributed by atoms with Gasteiger partial charge in [0, 0.05) is 47.3 Å². The zero-order valence-electron chi connectivity index (χ0n) is 17.7. The largest absolute Gasteiger partial charge is 0.381 e. The van der Waals surface area contributed by atoms with Gasteiger partial charge in [-0.3, -0.25) is 0 Å². The lowest BCUT2D eigenvalue weighted by atomic mass is 9.92. The number of anilines is 1. The Hall–Kier alpha value is -2.12. The summed E-state index contributed by atoms with van der Waals surface area (Å²) in [6.07, 6.45) is 4.74. The highest BCUT2D eigenvalue weighted by Gasteiger charge is 2.14. The summed E-state index contributed by atoms with van der Waals surface area (Å²) < 4.78 is 7.70. The molecule has 0 saturated carbocycles. The van der Waals surface area contributed by atoms with E-state index in [0.717, 1.165) is 48.5 Å². The molecule has 0 atom stereocenters. The number of hydrogen-bond donors (Lipinski definition) is 1. The van der Waals surface area contributed by atoms with Crippen molar-refractivity contribution >= 4 is 39.8 Å². The Bertz CT molecular complexity index is 1060. The van der Waals surface area contributed by atoms with Crippen LogP contribution in [-0.2, 0) is 17.7 Å². The van der Waals surface area contributed by atoms with Crippen molar-refractivity contribution in [1.29, 1.82) is 0 Å². The molecule has 0 unspecified atom stereocenters. The SMILES string of the molecule is ClCCn1c(C#CCNc2ccc(Cl)cc2)cc2cc(CCC3CCOCC3)ccc21. The van der Waals surface area contributed by atoms with Crippen molar-refractivity contribution in [3.05, 3.63) is 64.8 Å². The van der Waals surface area contributed by atoms with Crippen molar-refractivity contribution in [3.63, 3.8) is 0 Å². The van der Waals surface area contributed by atoms with Gasteiger partial charge in [-0.05, 0) is 85.5 Å². The Morgan fingerprint density at radius 2 is 1.87 bits per heavy atom. The molecule has 4 rings (SSSR count). The summed E-state index contributed by atoms with van der Waals surface area (Å²) >= 11 is 12.0. The van der Waals surface area contributed by atoms with E-state index in [1.54, 1.807) is 0 Å². The third kappa shape index (κ3) is 5.98. The quantitative estimate of drug-likeness (QED) is 0.332. The van der Waals surface area contributed by atoms with Gasteiger partial charge < -0.3 is 14.6 Å². The number of rotatable bonds is 7. The van der Waals surface area contributed by atoms with Crippen molar-refractivity contribution in [3.8, 4) is 11.8 Å². The molecule has 1 N–H and O–H groups in total. The van der Waals surface area contributed by atoms with Crippen LogP contribution in [0.15, 0.2) is 48.5 Å². The van der Waals surface area contributed by atoms with Gasteiger partial charge in [0.05, 0.1) is 12.2 Å². The fraction of sp³-hybridized carbons (Fsp3) is 0.385. The molecule has 5 heteroatoms. The van der Waals surface area contributed by atoms with Gasteiger partial charge in [-0.1, -0.05) is 23.6 Å². The molecule has 162 valence electrons. The van der Waals surface area contributed by atoms with E-state index in [1.807, 2.05) is 24.3 Å². The number of fused-ring (bicyclic) bond motifs is 1. The number of nitrogens with zero attached hydrogens (tertiary/aromatic N) is 1. The zero-order chi connectivity index (χ0) is 21.5. The van der Waals surface area contributed by atoms with E-state index in [1.165, 1.54) is 35.7 Å². The van der Waals surface area contributed by atoms with Crippen LogP contribution in [-0.4, -0.2) is 30.2 Å². The number of aromatic nitrogens is 1. The van der Waals surface area contributed by atoms with Gasteiger partial charge >= 0.3 is 0 Å². The van der Waals surface area contributed by atoms with Crippen LogP contribution in [0, 0.1) is 17.8 Å². The van der Waals surface area contributed by atoms with E-state index < -0.39 is 0 Å². The van der Waals surface area contributed by atoms with Crippen molar-refractivity contribution in [1.82, 2.24) is 4.57 Å². The van der Waals surface area contributed by atoms with Gasteiger partial charge in [0.25, 0.3) is 0 Å². The summed E-state index contributed by atoms with van der Waals surface area (Å²) in [4.78, 5) is 0. The van der Waals surface area contributed by atoms with E-state index in [0.29, 0.717) is 12.4 Å². The number of benzene rings is 2. The fourth-order valence-electron chi connectivity index (χ4n) is 4.16. The Morgan fingerprint density at radius 3 is 2.65 bits per heavy atom. The van der Waals surface area contributed by atoms with Crippen molar-refractivity contribution in [2.24, 2.45) is 5.92 Å². The summed E-state index contributed by atoms with van der Waals surface area (Å²) in [7, 11) is 0. The van der Waals surface area contributed by atoms with E-state index in [4.69, 9.17) is 27.9 Å². The maximum atomic E-state index is 6.08. The number of alkyl halides is 1. The molecular formula is C26H28Cl2N2O. The first-order valence-electron chi connectivity index (χ1n) is 11.0. The van der Waals surface area contributed by atoms with Crippen molar-refractivity contribution in [2.45, 2.75) is 32.2 Å². The molecule has 1 fully saturated rings. The van der Waals surface area contributed by atoms with E-state index >= 15 is 0 Å². The minimum absolute atomic E-state index is 0.562. The lowest BCUT2D eigenvalue weighted by Crippen LogP contribution is -2.16. The molecule has 1 aliphatic rings. The maximum Gasteiger partial charge on any atom is 0.0931 e. The molecule has 1 saturated heterocycles. The summed E-state index contributed by atoms with van der Waals surface area (Å²) in [5.74, 6) is 7.92. The molecule has 0 aliphatic carbocycles. The van der Waals surface area contributed by atoms with Crippen LogP contribution in [0.5, 0.6) is 0 Å². The summed E-state index contributed by atoms with van der Waals surface area (Å²) in [6, 6.07) is 16.6. The van der Waals surface area contributed by atoms with Crippen LogP contribution in [0.3, 0.4) is 0 Å². The van der Waals surface area contributed by atoms with Gasteiger partial charge in [-0.2, -0.15) is 0 Å². The average Bonchev–Trinajstić information content (AvgIpc) is 3.14. The molecule has 0 amide bonds. The predicted molar refractivity (Wildman–Crippen MR) is 131 cm³/mol. The normalized spacial score (nSPS) is 14.4. The minimum atomic E-state index is 0.562. The highest BCUT2D eigenvalue weighted by atomic mass is 35.5. The van der Waals surface area contributed by atoms with Gasteiger partial charge in [0.15, 0.2) is 0 Å². The van der Waals surface area contributed by atoms with Crippen molar-refractivity contribution < 1.29 is 4.74 Å². The molecule has 2 heterocycles. The minimum Gasteiger partial charge on any atom is -0.381 e. The molecule has 3 aromatic rings. The van der Waals surface area contributed by atoms with Crippen LogP contribution in [0.25, 0.3) is 10.9 Å². The second-order valence-corrected chi connectivity index (χ2v) is 8.83. The van der Waals surface area contributed by atoms with Gasteiger partial charge in [0.2, 0.25) is 0 Å². The molecule has 0 spiro atoms. The van der Waals surface area contributed by atoms with Crippen LogP contribution in [0.1, 0.15) is 30.5 Å². The molecule has 1 aromatic heterocycles. The number of aryl methyl sites for hydroxylation is 2. The molecule has 3 nitrogen and oxygen atoms in total. The van der Waals surface area contributed by atoms with E-state index in [2.05, 4.69) is 46.0 Å². The predicted octanol–water partition coefficient (Wildman–Crippen LogP) is 6.36. The first kappa shape index (κ1) is 22.1. The zero-order valence-corrected chi connectivity index (χ0v) is 19.2. The Morgan fingerprint density at radius 1 is 1.06 bits per heavy atom. The topological polar surface area (TPSA) is 26.2 Å². The van der Waals surface area contributed by atoms with E-state index in [9.17, 15) is 0 Å². The first-order chi connectivity index (χ1) is 15.2. The standard InChI is InChI=1S/C26H28Cl2N2O/c27-13-15-30-25(2-1-14-29-24-8-6-23(28)7-9-24)19-22-18-21(5-10-26(22)30)4-3-20-11-16-31-17-12-20/h5-10,18-20,29H,3-4,11-17H2. The lowest BCUT2D eigenvalue weighted by molar-refractivity contribution is 0.0640. The Labute approximate surface area is 194 Å². The van der Waals surface area contributed by atoms with E-state index in [-0.39, 0.29) is 0 Å². The molecule has 2 aromatic carbocycles. The van der Waals surface area contributed by atoms with Gasteiger partial charge in [-0.25, -0.2) is 0 Å². The highest BCUT2D eigenvalue weighted by Crippen LogP contribution is 2.25. The lowest BCUT2D eigenvalue weighted by Gasteiger charge is -2.21. The van der Waals surface area contributed by atoms with Crippen molar-refractivity contribution in [2.75, 3.05) is 31.0 Å². The summed E-state index contributed by atoms with van der Waals surface area (Å²) in [5, 5.41) is 5.28. The average molecular weight is 455 g/mol. The third-order valence-corrected chi connectivity index (χ3v) is 6.32. The Balaban J connectivity index is 1.45. The monoisotopic (exact) mass is 454 g/mol. The van der Waals surface area contributed by atoms with Crippen LogP contribution >= 0.6 is 23.2 Å². The number of hydrogen-bond acceptors (Lipinski definition) is 2. The van der Waals surface area contributed by atoms with Crippen LogP contribution < -0.4 is 5.32 Å². The fourth-order valence-corrected chi connectivity index (χ4v) is 4.45. The number of nitrogens with one attached hydrogen (secondary N) is 1. The smallest absolute Gasteiger partial charge is 0.0931 e. The maximum absolute atomic E-state index is 6.08. The second-order valence-electron chi connectivity index (χ2n) is 8.02. The van der Waals surface area contributed by atoms with Gasteiger partial charge in [0.1, 0.15) is 0 Å². The van der Waals surface area contributed by atoms with Crippen LogP contribution in [0.4, 0.5) is 5.69 Å². The molecular weight excluding hydrogens is 427 g/mol. The van der Waals surface area contributed by atoms with Gasteiger partial charge in [-0.15, -0.1) is 11.6 Å². The second kappa shape index (κ2) is 11.0. The summed E-state index contributed by atoms with van der Waals surface area (Å²) in [5.41, 5.74) is 4.61. The molecule has 1 aliphatic heterocycles. The number of ether oxygens (including phenoxy) is 1. The Kier molecular flexibility index (Phi) is 7.81. The molecule has 0 radical (unpaired) electrons. The summed E-state index contributed by atoms with van der Waals surface area (Å²) in [6.45, 7) is 3.15. The number of halogens is 2. The molecule has 0 bridgehead atoms. The highest BCUT2D eigenvalue weighted by molar-refractivity contribution is 6.30. The first-order valence-corrected chi connectivity index (χ1v) is 11.9. The molecule has 31 heavy (non-hydrogen) atoms.